The first kappa shape index (κ1) is 14.3. The van der Waals surface area contributed by atoms with Gasteiger partial charge in [0, 0.05) is 0 Å². The maximum atomic E-state index is 2.55. The Kier molecular flexibility index (Phi) is 4.46. The molecule has 1 aromatic carbocycles. The summed E-state index contributed by atoms with van der Waals surface area (Å²) in [5.74, 6) is 0.650. The van der Waals surface area contributed by atoms with E-state index >= 15 is 0 Å². The van der Waals surface area contributed by atoms with Crippen molar-refractivity contribution in [1.29, 1.82) is 0 Å². The molecule has 0 fully saturated rings. The predicted molar refractivity (Wildman–Crippen MR) is 88.6 cm³/mol. The molecule has 0 heterocycles. The maximum absolute atomic E-state index is 2.55. The van der Waals surface area contributed by atoms with E-state index in [2.05, 4.69) is 76.3 Å². The minimum Gasteiger partial charge on any atom is -0.0797 e. The molecule has 1 heteroatoms. The molecular formula is C18H26Si. The summed E-state index contributed by atoms with van der Waals surface area (Å²) in [5, 5.41) is 1.62. The van der Waals surface area contributed by atoms with Crippen LogP contribution in [0.5, 0.6) is 0 Å². The lowest BCUT2D eigenvalue weighted by molar-refractivity contribution is 0.792. The monoisotopic (exact) mass is 270 g/mol. The maximum Gasteiger partial charge on any atom is 0.0966 e. The van der Waals surface area contributed by atoms with Gasteiger partial charge in [0.1, 0.15) is 0 Å². The van der Waals surface area contributed by atoms with Gasteiger partial charge in [-0.2, -0.15) is 0 Å². The van der Waals surface area contributed by atoms with Crippen LogP contribution in [0, 0.1) is 5.92 Å². The van der Waals surface area contributed by atoms with Crippen LogP contribution in [0.4, 0.5) is 0 Å². The molecule has 0 nitrogen and oxygen atoms in total. The SMILES string of the molecule is CC[Si](CC)(c1ccccc1)C1C=CC(C(C)C)=C1. The second-order valence-corrected chi connectivity index (χ2v) is 10.9. The lowest BCUT2D eigenvalue weighted by Gasteiger charge is -2.34. The van der Waals surface area contributed by atoms with Crippen LogP contribution in [-0.4, -0.2) is 8.07 Å². The molecule has 1 atom stereocenters. The van der Waals surface area contributed by atoms with Gasteiger partial charge in [-0.05, 0) is 17.0 Å². The summed E-state index contributed by atoms with van der Waals surface area (Å²) < 4.78 is 0. The van der Waals surface area contributed by atoms with E-state index < -0.39 is 8.07 Å². The second kappa shape index (κ2) is 5.92. The van der Waals surface area contributed by atoms with Gasteiger partial charge in [0.25, 0.3) is 0 Å². The van der Waals surface area contributed by atoms with Gasteiger partial charge in [0.15, 0.2) is 0 Å². The fourth-order valence-electron chi connectivity index (χ4n) is 3.35. The van der Waals surface area contributed by atoms with E-state index in [1.807, 2.05) is 0 Å². The summed E-state index contributed by atoms with van der Waals surface area (Å²) in [6, 6.07) is 13.9. The lowest BCUT2D eigenvalue weighted by Crippen LogP contribution is -2.49. The average molecular weight is 270 g/mol. The van der Waals surface area contributed by atoms with Crippen molar-refractivity contribution < 1.29 is 0 Å². The molecule has 1 unspecified atom stereocenters. The van der Waals surface area contributed by atoms with Gasteiger partial charge < -0.3 is 0 Å². The van der Waals surface area contributed by atoms with E-state index in [4.69, 9.17) is 0 Å². The van der Waals surface area contributed by atoms with Crippen LogP contribution in [0.25, 0.3) is 0 Å². The fraction of sp³-hybridized carbons (Fsp3) is 0.444. The highest BCUT2D eigenvalue weighted by Gasteiger charge is 2.38. The summed E-state index contributed by atoms with van der Waals surface area (Å²) in [7, 11) is -1.44. The van der Waals surface area contributed by atoms with Gasteiger partial charge in [-0.25, -0.2) is 0 Å². The number of hydrogen-bond acceptors (Lipinski definition) is 0. The van der Waals surface area contributed by atoms with Crippen LogP contribution in [-0.2, 0) is 0 Å². The molecule has 19 heavy (non-hydrogen) atoms. The number of rotatable bonds is 5. The van der Waals surface area contributed by atoms with Crippen LogP contribution in [0.3, 0.4) is 0 Å². The Morgan fingerprint density at radius 2 is 1.68 bits per heavy atom. The molecule has 0 saturated heterocycles. The third kappa shape index (κ3) is 2.62. The third-order valence-corrected chi connectivity index (χ3v) is 10.4. The molecule has 0 spiro atoms. The first-order valence-corrected chi connectivity index (χ1v) is 10.1. The van der Waals surface area contributed by atoms with Crippen molar-refractivity contribution in [2.45, 2.75) is 45.3 Å². The van der Waals surface area contributed by atoms with Crippen molar-refractivity contribution in [3.05, 3.63) is 54.1 Å². The highest BCUT2D eigenvalue weighted by molar-refractivity contribution is 6.93. The summed E-state index contributed by atoms with van der Waals surface area (Å²) in [6.07, 6.45) is 7.39. The summed E-state index contributed by atoms with van der Waals surface area (Å²) in [4.78, 5) is 0. The van der Waals surface area contributed by atoms with Gasteiger partial charge in [0.2, 0.25) is 0 Å². The molecule has 0 aromatic heterocycles. The normalized spacial score (nSPS) is 19.0. The molecule has 0 N–H and O–H groups in total. The second-order valence-electron chi connectivity index (χ2n) is 5.94. The Morgan fingerprint density at radius 1 is 1.05 bits per heavy atom. The van der Waals surface area contributed by atoms with Crippen molar-refractivity contribution >= 4 is 13.3 Å². The van der Waals surface area contributed by atoms with Crippen LogP contribution in [0.1, 0.15) is 27.7 Å². The molecule has 2 rings (SSSR count). The molecule has 0 radical (unpaired) electrons. The van der Waals surface area contributed by atoms with Crippen molar-refractivity contribution in [2.75, 3.05) is 0 Å². The van der Waals surface area contributed by atoms with Crippen LogP contribution < -0.4 is 5.19 Å². The van der Waals surface area contributed by atoms with Crippen molar-refractivity contribution in [1.82, 2.24) is 0 Å². The van der Waals surface area contributed by atoms with E-state index in [9.17, 15) is 0 Å². The smallest absolute Gasteiger partial charge is 0.0797 e. The highest BCUT2D eigenvalue weighted by Crippen LogP contribution is 2.37. The van der Waals surface area contributed by atoms with Gasteiger partial charge >= 0.3 is 0 Å². The first-order chi connectivity index (χ1) is 9.14. The predicted octanol–water partition coefficient (Wildman–Crippen LogP) is 4.90. The van der Waals surface area contributed by atoms with Gasteiger partial charge in [-0.3, -0.25) is 0 Å². The molecule has 0 amide bonds. The molecule has 0 saturated carbocycles. The summed E-state index contributed by atoms with van der Waals surface area (Å²) in [5.41, 5.74) is 2.21. The van der Waals surface area contributed by atoms with Crippen LogP contribution >= 0.6 is 0 Å². The van der Waals surface area contributed by atoms with Crippen molar-refractivity contribution in [3.8, 4) is 0 Å². The first-order valence-electron chi connectivity index (χ1n) is 7.59. The minimum atomic E-state index is -1.44. The number of allylic oxidation sites excluding steroid dienone is 4. The molecule has 1 aliphatic carbocycles. The molecule has 102 valence electrons. The lowest BCUT2D eigenvalue weighted by atomic mass is 10.1. The van der Waals surface area contributed by atoms with Gasteiger partial charge in [-0.15, -0.1) is 0 Å². The van der Waals surface area contributed by atoms with E-state index in [0.29, 0.717) is 11.5 Å². The number of benzene rings is 1. The third-order valence-electron chi connectivity index (χ3n) is 4.78. The Labute approximate surface area is 119 Å². The zero-order valence-corrected chi connectivity index (χ0v) is 13.7. The topological polar surface area (TPSA) is 0 Å². The highest BCUT2D eigenvalue weighted by atomic mass is 28.3. The van der Waals surface area contributed by atoms with E-state index in [1.54, 1.807) is 5.19 Å². The molecule has 0 bridgehead atoms. The van der Waals surface area contributed by atoms with Crippen LogP contribution in [0.15, 0.2) is 54.1 Å². The van der Waals surface area contributed by atoms with E-state index in [-0.39, 0.29) is 0 Å². The Bertz CT molecular complexity index is 464. The zero-order chi connectivity index (χ0) is 13.9. The molecule has 0 aliphatic heterocycles. The van der Waals surface area contributed by atoms with E-state index in [1.165, 1.54) is 17.7 Å². The number of hydrogen-bond donors (Lipinski definition) is 0. The Morgan fingerprint density at radius 3 is 2.16 bits per heavy atom. The summed E-state index contributed by atoms with van der Waals surface area (Å²) in [6.45, 7) is 9.36. The zero-order valence-electron chi connectivity index (χ0n) is 12.7. The Hall–Kier alpha value is -1.08. The quantitative estimate of drug-likeness (QED) is 0.667. The van der Waals surface area contributed by atoms with Gasteiger partial charge in [-0.1, -0.05) is 93.5 Å². The largest absolute Gasteiger partial charge is 0.0966 e. The van der Waals surface area contributed by atoms with Crippen molar-refractivity contribution in [3.63, 3.8) is 0 Å². The Balaban J connectivity index is 2.40. The average Bonchev–Trinajstić information content (AvgIpc) is 2.93. The van der Waals surface area contributed by atoms with E-state index in [0.717, 1.165) is 0 Å². The van der Waals surface area contributed by atoms with Gasteiger partial charge in [0.05, 0.1) is 8.07 Å². The van der Waals surface area contributed by atoms with Crippen molar-refractivity contribution in [2.24, 2.45) is 5.92 Å². The standard InChI is InChI=1S/C18H26Si/c1-5-19(6-2,17-10-8-7-9-11-17)18-13-12-16(14-18)15(3)4/h7-15,18H,5-6H2,1-4H3. The molecule has 1 aliphatic rings. The minimum absolute atomic E-state index is 0.650. The molecular weight excluding hydrogens is 244 g/mol. The fourth-order valence-corrected chi connectivity index (χ4v) is 7.83. The summed E-state index contributed by atoms with van der Waals surface area (Å²) >= 11 is 0. The van der Waals surface area contributed by atoms with Crippen LogP contribution in [0.2, 0.25) is 17.6 Å². The molecule has 1 aromatic rings.